The summed E-state index contributed by atoms with van der Waals surface area (Å²) in [6.45, 7) is 3.70. The van der Waals surface area contributed by atoms with Gasteiger partial charge in [0.05, 0.1) is 5.69 Å². The molecule has 1 aromatic heterocycles. The van der Waals surface area contributed by atoms with Gasteiger partial charge in [-0.05, 0) is 13.8 Å². The molecular formula is C6H9ClN2O2S2. The summed E-state index contributed by atoms with van der Waals surface area (Å²) in [4.78, 5) is 5.01. The summed E-state index contributed by atoms with van der Waals surface area (Å²) in [6, 6.07) is 0. The van der Waals surface area contributed by atoms with E-state index in [1.54, 1.807) is 0 Å². The molecule has 0 unspecified atom stereocenters. The van der Waals surface area contributed by atoms with Gasteiger partial charge in [0, 0.05) is 4.88 Å². The summed E-state index contributed by atoms with van der Waals surface area (Å²) in [7, 11) is -3.41. The number of hydrogen-bond acceptors (Lipinski definition) is 4. The minimum Gasteiger partial charge on any atom is -0.258 e. The molecule has 0 spiro atoms. The Bertz CT molecular complexity index is 379. The third kappa shape index (κ3) is 2.82. The molecule has 0 aliphatic carbocycles. The van der Waals surface area contributed by atoms with Crippen LogP contribution in [0.1, 0.15) is 10.6 Å². The molecule has 0 saturated carbocycles. The van der Waals surface area contributed by atoms with E-state index >= 15 is 0 Å². The van der Waals surface area contributed by atoms with Crippen LogP contribution < -0.4 is 4.72 Å². The van der Waals surface area contributed by atoms with Crippen molar-refractivity contribution in [1.29, 1.82) is 0 Å². The van der Waals surface area contributed by atoms with E-state index in [-0.39, 0.29) is 0 Å². The van der Waals surface area contributed by atoms with Crippen molar-refractivity contribution in [3.8, 4) is 0 Å². The molecule has 1 N–H and O–H groups in total. The Morgan fingerprint density at radius 3 is 2.54 bits per heavy atom. The number of nitrogens with zero attached hydrogens (tertiary/aromatic N) is 1. The molecule has 4 nitrogen and oxygen atoms in total. The Labute approximate surface area is 86.0 Å². The van der Waals surface area contributed by atoms with Crippen LogP contribution in [0.15, 0.2) is 0 Å². The quantitative estimate of drug-likeness (QED) is 0.819. The molecule has 0 fully saturated rings. The molecule has 1 aromatic rings. The normalized spacial score (nSPS) is 11.6. The summed E-state index contributed by atoms with van der Waals surface area (Å²) >= 11 is 6.51. The molecular weight excluding hydrogens is 232 g/mol. The summed E-state index contributed by atoms with van der Waals surface area (Å²) in [6.07, 6.45) is 0. The molecule has 0 aliphatic rings. The van der Waals surface area contributed by atoms with Gasteiger partial charge in [-0.25, -0.2) is 13.4 Å². The Morgan fingerprint density at radius 2 is 2.15 bits per heavy atom. The van der Waals surface area contributed by atoms with Crippen molar-refractivity contribution in [2.45, 2.75) is 13.8 Å². The van der Waals surface area contributed by atoms with Crippen LogP contribution >= 0.6 is 22.9 Å². The van der Waals surface area contributed by atoms with Crippen LogP contribution in [0.4, 0.5) is 5.13 Å². The Hall–Kier alpha value is -0.330. The summed E-state index contributed by atoms with van der Waals surface area (Å²) in [5.74, 6) is 0. The number of aromatic nitrogens is 1. The maximum Gasteiger partial charge on any atom is 0.248 e. The molecule has 0 radical (unpaired) electrons. The van der Waals surface area contributed by atoms with Crippen LogP contribution in [-0.2, 0) is 10.0 Å². The van der Waals surface area contributed by atoms with Gasteiger partial charge in [-0.15, -0.1) is 22.9 Å². The highest BCUT2D eigenvalue weighted by Gasteiger charge is 2.11. The lowest BCUT2D eigenvalue weighted by Crippen LogP contribution is -2.13. The van der Waals surface area contributed by atoms with Gasteiger partial charge < -0.3 is 0 Å². The van der Waals surface area contributed by atoms with Crippen molar-refractivity contribution in [1.82, 2.24) is 4.98 Å². The second kappa shape index (κ2) is 3.81. The van der Waals surface area contributed by atoms with Crippen LogP contribution in [0.25, 0.3) is 0 Å². The van der Waals surface area contributed by atoms with E-state index < -0.39 is 15.2 Å². The van der Waals surface area contributed by atoms with Crippen LogP contribution in [0.2, 0.25) is 0 Å². The van der Waals surface area contributed by atoms with Gasteiger partial charge >= 0.3 is 0 Å². The largest absolute Gasteiger partial charge is 0.258 e. The summed E-state index contributed by atoms with van der Waals surface area (Å²) < 4.78 is 24.3. The molecule has 0 aromatic carbocycles. The molecule has 74 valence electrons. The molecule has 1 rings (SSSR count). The zero-order valence-corrected chi connectivity index (χ0v) is 9.55. The van der Waals surface area contributed by atoms with Gasteiger partial charge in [-0.3, -0.25) is 4.72 Å². The number of halogens is 1. The lowest BCUT2D eigenvalue weighted by molar-refractivity contribution is 0.605. The van der Waals surface area contributed by atoms with Crippen molar-refractivity contribution in [3.63, 3.8) is 0 Å². The smallest absolute Gasteiger partial charge is 0.248 e. The van der Waals surface area contributed by atoms with Gasteiger partial charge in [0.25, 0.3) is 0 Å². The van der Waals surface area contributed by atoms with Gasteiger partial charge in [-0.1, -0.05) is 0 Å². The van der Waals surface area contributed by atoms with Gasteiger partial charge in [0.15, 0.2) is 5.13 Å². The molecule has 0 saturated heterocycles. The maximum absolute atomic E-state index is 11.0. The second-order valence-corrected chi connectivity index (χ2v) is 6.00. The first-order valence-corrected chi connectivity index (χ1v) is 6.45. The predicted molar refractivity (Wildman–Crippen MR) is 54.9 cm³/mol. The van der Waals surface area contributed by atoms with E-state index in [1.807, 2.05) is 13.8 Å². The first kappa shape index (κ1) is 10.7. The number of nitrogens with one attached hydrogen (secondary N) is 1. The highest BCUT2D eigenvalue weighted by Crippen LogP contribution is 2.22. The Balaban J connectivity index is 2.87. The first-order valence-electron chi connectivity index (χ1n) is 3.45. The SMILES string of the molecule is Cc1nc(NS(=O)(=O)CCl)sc1C. The molecule has 0 amide bonds. The minimum atomic E-state index is -3.41. The van der Waals surface area contributed by atoms with Crippen LogP contribution in [0.5, 0.6) is 0 Å². The van der Waals surface area contributed by atoms with Crippen molar-refractivity contribution >= 4 is 38.1 Å². The standard InChI is InChI=1S/C6H9ClN2O2S2/c1-4-5(2)12-6(8-4)9-13(10,11)3-7/h3H2,1-2H3,(H,8,9). The monoisotopic (exact) mass is 240 g/mol. The molecule has 1 heterocycles. The minimum absolute atomic E-state index is 0.371. The zero-order valence-electron chi connectivity index (χ0n) is 7.17. The number of anilines is 1. The topological polar surface area (TPSA) is 59.1 Å². The van der Waals surface area contributed by atoms with E-state index in [9.17, 15) is 8.42 Å². The fourth-order valence-electron chi connectivity index (χ4n) is 0.677. The van der Waals surface area contributed by atoms with Crippen LogP contribution in [-0.4, -0.2) is 18.6 Å². The van der Waals surface area contributed by atoms with Crippen molar-refractivity contribution in [3.05, 3.63) is 10.6 Å². The molecule has 0 atom stereocenters. The van der Waals surface area contributed by atoms with Crippen LogP contribution in [0, 0.1) is 13.8 Å². The Kier molecular flexibility index (Phi) is 3.15. The van der Waals surface area contributed by atoms with Gasteiger partial charge in [0.2, 0.25) is 10.0 Å². The fourth-order valence-corrected chi connectivity index (χ4v) is 2.42. The lowest BCUT2D eigenvalue weighted by atomic mass is 10.4. The molecule has 13 heavy (non-hydrogen) atoms. The lowest BCUT2D eigenvalue weighted by Gasteiger charge is -1.98. The number of thiazole rings is 1. The van der Waals surface area contributed by atoms with E-state index in [0.717, 1.165) is 10.6 Å². The summed E-state index contributed by atoms with van der Waals surface area (Å²) in [5, 5.41) is -0.0827. The third-order valence-electron chi connectivity index (χ3n) is 1.41. The number of alkyl halides is 1. The van der Waals surface area contributed by atoms with Crippen molar-refractivity contribution in [2.24, 2.45) is 0 Å². The number of rotatable bonds is 3. The average Bonchev–Trinajstić information content (AvgIpc) is 2.30. The Morgan fingerprint density at radius 1 is 1.54 bits per heavy atom. The van der Waals surface area contributed by atoms with E-state index in [4.69, 9.17) is 11.6 Å². The second-order valence-electron chi connectivity index (χ2n) is 2.49. The number of sulfonamides is 1. The molecule has 0 bridgehead atoms. The first-order chi connectivity index (χ1) is 5.94. The van der Waals surface area contributed by atoms with Crippen molar-refractivity contribution in [2.75, 3.05) is 9.93 Å². The van der Waals surface area contributed by atoms with E-state index in [1.165, 1.54) is 11.3 Å². The fraction of sp³-hybridized carbons (Fsp3) is 0.500. The summed E-state index contributed by atoms with van der Waals surface area (Å²) in [5.41, 5.74) is 0.831. The molecule has 0 aliphatic heterocycles. The highest BCUT2D eigenvalue weighted by molar-refractivity contribution is 7.94. The van der Waals surface area contributed by atoms with Crippen LogP contribution in [0.3, 0.4) is 0 Å². The molecule has 7 heteroatoms. The predicted octanol–water partition coefficient (Wildman–Crippen LogP) is 1.70. The van der Waals surface area contributed by atoms with Gasteiger partial charge in [-0.2, -0.15) is 0 Å². The van der Waals surface area contributed by atoms with E-state index in [0.29, 0.717) is 5.13 Å². The zero-order chi connectivity index (χ0) is 10.1. The van der Waals surface area contributed by atoms with E-state index in [2.05, 4.69) is 9.71 Å². The number of hydrogen-bond donors (Lipinski definition) is 1. The van der Waals surface area contributed by atoms with Crippen molar-refractivity contribution < 1.29 is 8.42 Å². The van der Waals surface area contributed by atoms with Gasteiger partial charge in [0.1, 0.15) is 5.21 Å². The highest BCUT2D eigenvalue weighted by atomic mass is 35.5. The third-order valence-corrected chi connectivity index (χ3v) is 4.19. The number of aryl methyl sites for hydroxylation is 2. The average molecular weight is 241 g/mol. The maximum atomic E-state index is 11.0.